The van der Waals surface area contributed by atoms with Crippen LogP contribution in [0.25, 0.3) is 0 Å². The van der Waals surface area contributed by atoms with E-state index in [1.54, 1.807) is 4.90 Å². The summed E-state index contributed by atoms with van der Waals surface area (Å²) in [6, 6.07) is 2.01. The largest absolute Gasteiger partial charge is 0.481 e. The van der Waals surface area contributed by atoms with E-state index in [1.165, 1.54) is 4.31 Å². The van der Waals surface area contributed by atoms with Crippen molar-refractivity contribution in [1.82, 2.24) is 9.21 Å². The summed E-state index contributed by atoms with van der Waals surface area (Å²) in [6.07, 6.45) is 2.23. The number of likely N-dealkylation sites (tertiary alicyclic amines) is 1. The molecule has 2 fully saturated rings. The van der Waals surface area contributed by atoms with Gasteiger partial charge in [-0.05, 0) is 75.6 Å². The van der Waals surface area contributed by atoms with Crippen LogP contribution >= 0.6 is 0 Å². The van der Waals surface area contributed by atoms with Crippen LogP contribution in [0.2, 0.25) is 0 Å². The fourth-order valence-corrected chi connectivity index (χ4v) is 6.72. The Balaban J connectivity index is 1.71. The number of aliphatic carboxylic acids is 1. The average molecular weight is 437 g/mol. The number of hydrogen-bond donors (Lipinski definition) is 1. The first-order chi connectivity index (χ1) is 14.0. The zero-order valence-electron chi connectivity index (χ0n) is 18.3. The van der Waals surface area contributed by atoms with Crippen molar-refractivity contribution in [2.24, 2.45) is 11.8 Å². The minimum atomic E-state index is -3.63. The average Bonchev–Trinajstić information content (AvgIpc) is 2.72. The first kappa shape index (κ1) is 22.7. The Bertz CT molecular complexity index is 923. The number of carbonyl (C=O) groups excluding carboxylic acids is 1. The monoisotopic (exact) mass is 436 g/mol. The third-order valence-electron chi connectivity index (χ3n) is 6.78. The lowest BCUT2D eigenvalue weighted by molar-refractivity contribution is -0.147. The Morgan fingerprint density at radius 1 is 0.933 bits per heavy atom. The Kier molecular flexibility index (Phi) is 6.57. The zero-order chi connectivity index (χ0) is 22.2. The van der Waals surface area contributed by atoms with Gasteiger partial charge in [0.2, 0.25) is 15.9 Å². The molecular weight excluding hydrogens is 404 g/mol. The third kappa shape index (κ3) is 4.25. The second-order valence-electron chi connectivity index (χ2n) is 8.73. The van der Waals surface area contributed by atoms with Crippen molar-refractivity contribution in [2.75, 3.05) is 26.2 Å². The van der Waals surface area contributed by atoms with Crippen LogP contribution in [0.1, 0.15) is 47.9 Å². The molecule has 166 valence electrons. The lowest BCUT2D eigenvalue weighted by Gasteiger charge is -2.36. The molecule has 1 atom stereocenters. The van der Waals surface area contributed by atoms with Gasteiger partial charge >= 0.3 is 5.97 Å². The van der Waals surface area contributed by atoms with Crippen LogP contribution in [0.5, 0.6) is 0 Å². The predicted octanol–water partition coefficient (Wildman–Crippen LogP) is 2.64. The quantitative estimate of drug-likeness (QED) is 0.783. The highest BCUT2D eigenvalue weighted by molar-refractivity contribution is 7.89. The van der Waals surface area contributed by atoms with Crippen molar-refractivity contribution in [1.29, 1.82) is 0 Å². The molecule has 3 rings (SSSR count). The molecule has 0 aromatic heterocycles. The van der Waals surface area contributed by atoms with Crippen molar-refractivity contribution >= 4 is 21.9 Å². The molecule has 7 nitrogen and oxygen atoms in total. The molecule has 0 unspecified atom stereocenters. The van der Waals surface area contributed by atoms with Gasteiger partial charge in [0.15, 0.2) is 0 Å². The topological polar surface area (TPSA) is 95.0 Å². The maximum Gasteiger partial charge on any atom is 0.308 e. The van der Waals surface area contributed by atoms with Crippen LogP contribution in [-0.4, -0.2) is 60.8 Å². The summed E-state index contributed by atoms with van der Waals surface area (Å²) in [6.45, 7) is 9.00. The predicted molar refractivity (Wildman–Crippen MR) is 114 cm³/mol. The molecular formula is C22H32N2O5S. The number of carbonyl (C=O) groups is 2. The summed E-state index contributed by atoms with van der Waals surface area (Å²) in [5.41, 5.74) is 3.48. The number of sulfonamides is 1. The van der Waals surface area contributed by atoms with E-state index in [9.17, 15) is 23.1 Å². The molecule has 1 aromatic carbocycles. The Morgan fingerprint density at radius 2 is 1.50 bits per heavy atom. The number of nitrogens with zero attached hydrogens (tertiary/aromatic N) is 2. The smallest absolute Gasteiger partial charge is 0.308 e. The molecule has 0 bridgehead atoms. The molecule has 1 aromatic rings. The first-order valence-electron chi connectivity index (χ1n) is 10.6. The standard InChI is InChI=1S/C22H32N2O5S/c1-14-12-15(2)17(4)20(16(14)3)30(28,29)24-10-7-18(8-11-24)21(25)23-9-5-6-19(13-23)22(26)27/h12,18-19H,5-11,13H2,1-4H3,(H,26,27)/t19-/m1/s1. The molecule has 30 heavy (non-hydrogen) atoms. The number of benzene rings is 1. The van der Waals surface area contributed by atoms with Gasteiger partial charge in [0.05, 0.1) is 10.8 Å². The minimum absolute atomic E-state index is 0.0308. The summed E-state index contributed by atoms with van der Waals surface area (Å²) in [7, 11) is -3.63. The molecule has 2 saturated heterocycles. The van der Waals surface area contributed by atoms with Crippen molar-refractivity contribution in [3.63, 3.8) is 0 Å². The van der Waals surface area contributed by atoms with Crippen molar-refractivity contribution < 1.29 is 23.1 Å². The van der Waals surface area contributed by atoms with E-state index in [0.29, 0.717) is 50.2 Å². The molecule has 8 heteroatoms. The number of amides is 1. The van der Waals surface area contributed by atoms with Crippen LogP contribution in [0.15, 0.2) is 11.0 Å². The van der Waals surface area contributed by atoms with E-state index in [-0.39, 0.29) is 18.4 Å². The third-order valence-corrected chi connectivity index (χ3v) is 8.95. The molecule has 0 saturated carbocycles. The minimum Gasteiger partial charge on any atom is -0.481 e. The molecule has 0 radical (unpaired) electrons. The van der Waals surface area contributed by atoms with E-state index in [2.05, 4.69) is 0 Å². The normalized spacial score (nSPS) is 21.6. The maximum absolute atomic E-state index is 13.4. The van der Waals surface area contributed by atoms with Crippen LogP contribution in [-0.2, 0) is 19.6 Å². The Morgan fingerprint density at radius 3 is 2.03 bits per heavy atom. The van der Waals surface area contributed by atoms with Gasteiger partial charge in [-0.25, -0.2) is 8.42 Å². The van der Waals surface area contributed by atoms with Crippen molar-refractivity contribution in [3.05, 3.63) is 28.3 Å². The second-order valence-corrected chi connectivity index (χ2v) is 10.6. The first-order valence-corrected chi connectivity index (χ1v) is 12.1. The van der Waals surface area contributed by atoms with Gasteiger partial charge in [0.25, 0.3) is 0 Å². The fraction of sp³-hybridized carbons (Fsp3) is 0.636. The van der Waals surface area contributed by atoms with Crippen LogP contribution in [0.3, 0.4) is 0 Å². The number of rotatable bonds is 4. The Labute approximate surface area is 179 Å². The van der Waals surface area contributed by atoms with Gasteiger partial charge in [0, 0.05) is 32.1 Å². The molecule has 2 aliphatic heterocycles. The van der Waals surface area contributed by atoms with Crippen LogP contribution in [0.4, 0.5) is 0 Å². The van der Waals surface area contributed by atoms with Crippen molar-refractivity contribution in [3.8, 4) is 0 Å². The summed E-state index contributed by atoms with van der Waals surface area (Å²) in [4.78, 5) is 26.2. The van der Waals surface area contributed by atoms with E-state index in [1.807, 2.05) is 33.8 Å². The van der Waals surface area contributed by atoms with Crippen LogP contribution < -0.4 is 0 Å². The number of aryl methyl sites for hydroxylation is 2. The Hall–Kier alpha value is -1.93. The summed E-state index contributed by atoms with van der Waals surface area (Å²) < 4.78 is 28.3. The maximum atomic E-state index is 13.4. The summed E-state index contributed by atoms with van der Waals surface area (Å²) in [5, 5.41) is 9.25. The van der Waals surface area contributed by atoms with Gasteiger partial charge in [-0.1, -0.05) is 6.07 Å². The fourth-order valence-electron chi connectivity index (χ4n) is 4.68. The highest BCUT2D eigenvalue weighted by atomic mass is 32.2. The molecule has 2 aliphatic rings. The van der Waals surface area contributed by atoms with E-state index >= 15 is 0 Å². The number of carboxylic acids is 1. The SMILES string of the molecule is Cc1cc(C)c(C)c(S(=O)(=O)N2CCC(C(=O)N3CCC[C@@H](C(=O)O)C3)CC2)c1C. The van der Waals surface area contributed by atoms with Crippen molar-refractivity contribution in [2.45, 2.75) is 58.3 Å². The molecule has 1 amide bonds. The zero-order valence-corrected chi connectivity index (χ0v) is 19.1. The summed E-state index contributed by atoms with van der Waals surface area (Å²) in [5.74, 6) is -1.63. The molecule has 0 spiro atoms. The van der Waals surface area contributed by atoms with E-state index in [4.69, 9.17) is 0 Å². The number of piperidine rings is 2. The van der Waals surface area contributed by atoms with Gasteiger partial charge in [0.1, 0.15) is 0 Å². The molecule has 2 heterocycles. The second kappa shape index (κ2) is 8.67. The van der Waals surface area contributed by atoms with E-state index in [0.717, 1.165) is 22.3 Å². The highest BCUT2D eigenvalue weighted by Crippen LogP contribution is 2.32. The molecule has 0 aliphatic carbocycles. The van der Waals surface area contributed by atoms with E-state index < -0.39 is 21.9 Å². The van der Waals surface area contributed by atoms with Gasteiger partial charge < -0.3 is 10.0 Å². The summed E-state index contributed by atoms with van der Waals surface area (Å²) >= 11 is 0. The number of hydrogen-bond acceptors (Lipinski definition) is 4. The van der Waals surface area contributed by atoms with Gasteiger partial charge in [-0.2, -0.15) is 4.31 Å². The highest BCUT2D eigenvalue weighted by Gasteiger charge is 2.37. The van der Waals surface area contributed by atoms with Crippen LogP contribution in [0, 0.1) is 39.5 Å². The lowest BCUT2D eigenvalue weighted by Crippen LogP contribution is -2.48. The lowest BCUT2D eigenvalue weighted by atomic mass is 9.93. The molecule has 1 N–H and O–H groups in total. The van der Waals surface area contributed by atoms with Gasteiger partial charge in [-0.3, -0.25) is 9.59 Å². The number of carboxylic acid groups (broad SMARTS) is 1. The van der Waals surface area contributed by atoms with Gasteiger partial charge in [-0.15, -0.1) is 0 Å².